The Bertz CT molecular complexity index is 449. The summed E-state index contributed by atoms with van der Waals surface area (Å²) in [5.41, 5.74) is 3.33. The predicted octanol–water partition coefficient (Wildman–Crippen LogP) is 4.18. The van der Waals surface area contributed by atoms with E-state index in [1.807, 2.05) is 0 Å². The van der Waals surface area contributed by atoms with Gasteiger partial charge in [-0.05, 0) is 49.9 Å². The Hall–Kier alpha value is -1.35. The highest BCUT2D eigenvalue weighted by Crippen LogP contribution is 2.27. The van der Waals surface area contributed by atoms with E-state index in [2.05, 4.69) is 63.0 Å². The van der Waals surface area contributed by atoms with E-state index in [1.165, 1.54) is 5.56 Å². The van der Waals surface area contributed by atoms with Crippen molar-refractivity contribution in [3.8, 4) is 0 Å². The molecule has 0 aliphatic carbocycles. The molecule has 1 aromatic carbocycles. The number of anilines is 1. The largest absolute Gasteiger partial charge is 0.324 e. The zero-order valence-corrected chi connectivity index (χ0v) is 14.2. The maximum Gasteiger partial charge on any atom is 0.238 e. The molecule has 0 aliphatic heterocycles. The first-order chi connectivity index (χ1) is 9.99. The van der Waals surface area contributed by atoms with Gasteiger partial charge in [-0.1, -0.05) is 45.9 Å². The third-order valence-corrected chi connectivity index (χ3v) is 3.64. The minimum absolute atomic E-state index is 0.0908. The van der Waals surface area contributed by atoms with Crippen LogP contribution in [0.25, 0.3) is 0 Å². The van der Waals surface area contributed by atoms with E-state index in [0.29, 0.717) is 12.5 Å². The van der Waals surface area contributed by atoms with E-state index < -0.39 is 0 Å². The Morgan fingerprint density at radius 1 is 1.19 bits per heavy atom. The molecule has 0 saturated carbocycles. The summed E-state index contributed by atoms with van der Waals surface area (Å²) in [6.07, 6.45) is 2.16. The van der Waals surface area contributed by atoms with Gasteiger partial charge in [-0.25, -0.2) is 0 Å². The van der Waals surface area contributed by atoms with Crippen LogP contribution < -0.4 is 5.32 Å². The second-order valence-electron chi connectivity index (χ2n) is 6.02. The first-order valence-electron chi connectivity index (χ1n) is 8.11. The molecule has 0 unspecified atom stereocenters. The first kappa shape index (κ1) is 17.7. The summed E-state index contributed by atoms with van der Waals surface area (Å²) in [6.45, 7) is 13.1. The second kappa shape index (κ2) is 8.83. The lowest BCUT2D eigenvalue weighted by atomic mass is 9.98. The van der Waals surface area contributed by atoms with Gasteiger partial charge in [0.1, 0.15) is 0 Å². The normalized spacial score (nSPS) is 11.2. The topological polar surface area (TPSA) is 32.3 Å². The highest BCUT2D eigenvalue weighted by molar-refractivity contribution is 5.93. The van der Waals surface area contributed by atoms with E-state index >= 15 is 0 Å². The monoisotopic (exact) mass is 290 g/mol. The lowest BCUT2D eigenvalue weighted by Crippen LogP contribution is -2.34. The molecule has 0 spiro atoms. The van der Waals surface area contributed by atoms with Crippen molar-refractivity contribution in [2.75, 3.05) is 25.0 Å². The standard InChI is InChI=1S/C18H30N2O/c1-6-11-20(12-7-2)13-17(21)19-18-15(5)9-8-10-16(18)14(3)4/h8-10,14H,6-7,11-13H2,1-5H3,(H,19,21). The lowest BCUT2D eigenvalue weighted by molar-refractivity contribution is -0.117. The minimum Gasteiger partial charge on any atom is -0.324 e. The third-order valence-electron chi connectivity index (χ3n) is 3.64. The van der Waals surface area contributed by atoms with Gasteiger partial charge in [0.15, 0.2) is 0 Å². The van der Waals surface area contributed by atoms with Crippen molar-refractivity contribution in [2.45, 2.75) is 53.4 Å². The highest BCUT2D eigenvalue weighted by atomic mass is 16.2. The van der Waals surface area contributed by atoms with Crippen LogP contribution in [0.15, 0.2) is 18.2 Å². The first-order valence-corrected chi connectivity index (χ1v) is 8.11. The van der Waals surface area contributed by atoms with Crippen molar-refractivity contribution in [1.29, 1.82) is 0 Å². The Morgan fingerprint density at radius 3 is 2.33 bits per heavy atom. The fourth-order valence-corrected chi connectivity index (χ4v) is 2.63. The number of nitrogens with one attached hydrogen (secondary N) is 1. The molecule has 1 aromatic rings. The van der Waals surface area contributed by atoms with Crippen molar-refractivity contribution in [3.05, 3.63) is 29.3 Å². The van der Waals surface area contributed by atoms with Crippen molar-refractivity contribution in [2.24, 2.45) is 0 Å². The number of rotatable bonds is 8. The van der Waals surface area contributed by atoms with Gasteiger partial charge in [0.25, 0.3) is 0 Å². The number of hydrogen-bond acceptors (Lipinski definition) is 2. The van der Waals surface area contributed by atoms with Gasteiger partial charge < -0.3 is 5.32 Å². The SMILES string of the molecule is CCCN(CCC)CC(=O)Nc1c(C)cccc1C(C)C. The maximum absolute atomic E-state index is 12.3. The van der Waals surface area contributed by atoms with Crippen LogP contribution in [-0.2, 0) is 4.79 Å². The second-order valence-corrected chi connectivity index (χ2v) is 6.02. The smallest absolute Gasteiger partial charge is 0.238 e. The molecule has 0 heterocycles. The molecular weight excluding hydrogens is 260 g/mol. The Morgan fingerprint density at radius 2 is 1.81 bits per heavy atom. The molecule has 1 amide bonds. The third kappa shape index (κ3) is 5.50. The van der Waals surface area contributed by atoms with E-state index in [9.17, 15) is 4.79 Å². The summed E-state index contributed by atoms with van der Waals surface area (Å²) >= 11 is 0. The average molecular weight is 290 g/mol. The molecule has 0 atom stereocenters. The number of carbonyl (C=O) groups is 1. The van der Waals surface area contributed by atoms with Crippen LogP contribution in [-0.4, -0.2) is 30.4 Å². The van der Waals surface area contributed by atoms with Crippen molar-refractivity contribution in [3.63, 3.8) is 0 Å². The summed E-state index contributed by atoms with van der Waals surface area (Å²) < 4.78 is 0. The van der Waals surface area contributed by atoms with Crippen LogP contribution in [0, 0.1) is 6.92 Å². The summed E-state index contributed by atoms with van der Waals surface area (Å²) in [5.74, 6) is 0.496. The summed E-state index contributed by atoms with van der Waals surface area (Å²) in [4.78, 5) is 14.6. The Balaban J connectivity index is 2.78. The summed E-state index contributed by atoms with van der Waals surface area (Å²) in [7, 11) is 0. The number of benzene rings is 1. The molecule has 3 heteroatoms. The van der Waals surface area contributed by atoms with E-state index in [4.69, 9.17) is 0 Å². The molecule has 1 N–H and O–H groups in total. The Kier molecular flexibility index (Phi) is 7.44. The Labute approximate surface area is 129 Å². The van der Waals surface area contributed by atoms with Crippen molar-refractivity contribution >= 4 is 11.6 Å². The van der Waals surface area contributed by atoms with Crippen molar-refractivity contribution in [1.82, 2.24) is 4.90 Å². The van der Waals surface area contributed by atoms with Gasteiger partial charge in [0.05, 0.1) is 6.54 Å². The number of amides is 1. The van der Waals surface area contributed by atoms with Gasteiger partial charge in [0, 0.05) is 5.69 Å². The van der Waals surface area contributed by atoms with Crippen LogP contribution in [0.1, 0.15) is 57.6 Å². The van der Waals surface area contributed by atoms with Gasteiger partial charge in [-0.15, -0.1) is 0 Å². The number of aryl methyl sites for hydroxylation is 1. The number of nitrogens with zero attached hydrogens (tertiary/aromatic N) is 1. The van der Waals surface area contributed by atoms with Crippen LogP contribution in [0.5, 0.6) is 0 Å². The molecule has 21 heavy (non-hydrogen) atoms. The summed E-state index contributed by atoms with van der Waals surface area (Å²) in [5, 5.41) is 3.13. The average Bonchev–Trinajstić information content (AvgIpc) is 2.41. The fraction of sp³-hybridized carbons (Fsp3) is 0.611. The van der Waals surface area contributed by atoms with Gasteiger partial charge in [-0.3, -0.25) is 9.69 Å². The zero-order chi connectivity index (χ0) is 15.8. The predicted molar refractivity (Wildman–Crippen MR) is 90.9 cm³/mol. The zero-order valence-electron chi connectivity index (χ0n) is 14.2. The van der Waals surface area contributed by atoms with E-state index in [-0.39, 0.29) is 5.91 Å². The number of para-hydroxylation sites is 1. The molecular formula is C18H30N2O. The minimum atomic E-state index is 0.0908. The molecule has 3 nitrogen and oxygen atoms in total. The van der Waals surface area contributed by atoms with Crippen LogP contribution in [0.2, 0.25) is 0 Å². The number of carbonyl (C=O) groups excluding carboxylic acids is 1. The molecule has 0 bridgehead atoms. The van der Waals surface area contributed by atoms with Gasteiger partial charge in [0.2, 0.25) is 5.91 Å². The number of hydrogen-bond donors (Lipinski definition) is 1. The van der Waals surface area contributed by atoms with E-state index in [0.717, 1.165) is 37.2 Å². The molecule has 0 saturated heterocycles. The molecule has 0 radical (unpaired) electrons. The molecule has 1 rings (SSSR count). The fourth-order valence-electron chi connectivity index (χ4n) is 2.63. The van der Waals surface area contributed by atoms with E-state index in [1.54, 1.807) is 0 Å². The quantitative estimate of drug-likeness (QED) is 0.779. The molecule has 118 valence electrons. The van der Waals surface area contributed by atoms with Crippen molar-refractivity contribution < 1.29 is 4.79 Å². The maximum atomic E-state index is 12.3. The highest BCUT2D eigenvalue weighted by Gasteiger charge is 2.14. The molecule has 0 fully saturated rings. The van der Waals surface area contributed by atoms with Gasteiger partial charge in [-0.2, -0.15) is 0 Å². The van der Waals surface area contributed by atoms with Crippen LogP contribution >= 0.6 is 0 Å². The lowest BCUT2D eigenvalue weighted by Gasteiger charge is -2.22. The van der Waals surface area contributed by atoms with Crippen LogP contribution in [0.3, 0.4) is 0 Å². The molecule has 0 aromatic heterocycles. The van der Waals surface area contributed by atoms with Gasteiger partial charge >= 0.3 is 0 Å². The van der Waals surface area contributed by atoms with Crippen LogP contribution in [0.4, 0.5) is 5.69 Å². The summed E-state index contributed by atoms with van der Waals surface area (Å²) in [6, 6.07) is 6.21. The molecule has 0 aliphatic rings.